The smallest absolute Gasteiger partial charge is 0.251 e. The Morgan fingerprint density at radius 2 is 1.60 bits per heavy atom. The molecule has 0 aliphatic carbocycles. The SMILES string of the molecule is COc1ccc(C(CNC(=O)c2ccc(OCC(C)C)cc2)N2CCCC2)cc1.Cl. The molecule has 1 amide bonds. The highest BCUT2D eigenvalue weighted by Gasteiger charge is 2.24. The van der Waals surface area contributed by atoms with Crippen LogP contribution in [0.3, 0.4) is 0 Å². The summed E-state index contributed by atoms with van der Waals surface area (Å²) in [4.78, 5) is 15.1. The van der Waals surface area contributed by atoms with Gasteiger partial charge < -0.3 is 14.8 Å². The molecule has 1 heterocycles. The minimum absolute atomic E-state index is 0. The fraction of sp³-hybridized carbons (Fsp3) is 0.458. The Hall–Kier alpha value is -2.24. The van der Waals surface area contributed by atoms with Crippen molar-refractivity contribution in [1.82, 2.24) is 10.2 Å². The lowest BCUT2D eigenvalue weighted by molar-refractivity contribution is 0.0938. The summed E-state index contributed by atoms with van der Waals surface area (Å²) in [5.74, 6) is 2.05. The van der Waals surface area contributed by atoms with Crippen LogP contribution in [0, 0.1) is 5.92 Å². The maximum atomic E-state index is 12.7. The molecule has 1 saturated heterocycles. The van der Waals surface area contributed by atoms with E-state index in [2.05, 4.69) is 36.2 Å². The van der Waals surface area contributed by atoms with E-state index < -0.39 is 0 Å². The van der Waals surface area contributed by atoms with Gasteiger partial charge >= 0.3 is 0 Å². The maximum Gasteiger partial charge on any atom is 0.251 e. The largest absolute Gasteiger partial charge is 0.497 e. The zero-order valence-corrected chi connectivity index (χ0v) is 18.9. The van der Waals surface area contributed by atoms with Crippen LogP contribution in [0.4, 0.5) is 0 Å². The molecular formula is C24H33ClN2O3. The molecule has 0 spiro atoms. The van der Waals surface area contributed by atoms with E-state index in [9.17, 15) is 4.79 Å². The van der Waals surface area contributed by atoms with Gasteiger partial charge in [-0.15, -0.1) is 12.4 Å². The Morgan fingerprint density at radius 3 is 2.17 bits per heavy atom. The first-order chi connectivity index (χ1) is 14.1. The van der Waals surface area contributed by atoms with Crippen molar-refractivity contribution in [3.8, 4) is 11.5 Å². The number of carbonyl (C=O) groups excluding carboxylic acids is 1. The molecule has 164 valence electrons. The summed E-state index contributed by atoms with van der Waals surface area (Å²) in [6.45, 7) is 7.60. The van der Waals surface area contributed by atoms with Crippen LogP contribution >= 0.6 is 12.4 Å². The van der Waals surface area contributed by atoms with Crippen molar-refractivity contribution in [3.63, 3.8) is 0 Å². The van der Waals surface area contributed by atoms with E-state index in [4.69, 9.17) is 9.47 Å². The van der Waals surface area contributed by atoms with E-state index in [1.807, 2.05) is 36.4 Å². The molecule has 1 atom stereocenters. The molecule has 6 heteroatoms. The van der Waals surface area contributed by atoms with Crippen molar-refractivity contribution in [1.29, 1.82) is 0 Å². The summed E-state index contributed by atoms with van der Waals surface area (Å²) in [5.41, 5.74) is 1.85. The van der Waals surface area contributed by atoms with Gasteiger partial charge in [-0.25, -0.2) is 0 Å². The monoisotopic (exact) mass is 432 g/mol. The van der Waals surface area contributed by atoms with E-state index in [1.165, 1.54) is 18.4 Å². The molecule has 5 nitrogen and oxygen atoms in total. The van der Waals surface area contributed by atoms with E-state index >= 15 is 0 Å². The first-order valence-electron chi connectivity index (χ1n) is 10.5. The van der Waals surface area contributed by atoms with Crippen LogP contribution < -0.4 is 14.8 Å². The van der Waals surface area contributed by atoms with Gasteiger partial charge in [-0.1, -0.05) is 26.0 Å². The summed E-state index contributed by atoms with van der Waals surface area (Å²) >= 11 is 0. The number of methoxy groups -OCH3 is 1. The molecule has 1 aliphatic heterocycles. The molecule has 1 fully saturated rings. The molecule has 0 aromatic heterocycles. The van der Waals surface area contributed by atoms with E-state index in [-0.39, 0.29) is 24.4 Å². The second-order valence-corrected chi connectivity index (χ2v) is 7.97. The number of carbonyl (C=O) groups is 1. The molecule has 2 aromatic rings. The molecule has 1 unspecified atom stereocenters. The molecule has 0 radical (unpaired) electrons. The molecule has 3 rings (SSSR count). The quantitative estimate of drug-likeness (QED) is 0.623. The molecule has 1 aliphatic rings. The number of ether oxygens (including phenoxy) is 2. The number of nitrogens with zero attached hydrogens (tertiary/aromatic N) is 1. The van der Waals surface area contributed by atoms with Crippen LogP contribution in [0.1, 0.15) is 48.7 Å². The van der Waals surface area contributed by atoms with Gasteiger partial charge in [0.05, 0.1) is 19.8 Å². The third kappa shape index (κ3) is 6.64. The van der Waals surface area contributed by atoms with Gasteiger partial charge in [-0.2, -0.15) is 0 Å². The third-order valence-electron chi connectivity index (χ3n) is 5.24. The lowest BCUT2D eigenvalue weighted by atomic mass is 10.0. The third-order valence-corrected chi connectivity index (χ3v) is 5.24. The van der Waals surface area contributed by atoms with Crippen molar-refractivity contribution in [2.24, 2.45) is 5.92 Å². The number of amides is 1. The van der Waals surface area contributed by atoms with Crippen LogP contribution in [0.25, 0.3) is 0 Å². The number of halogens is 1. The normalized spacial score (nSPS) is 14.8. The summed E-state index contributed by atoms with van der Waals surface area (Å²) < 4.78 is 11.0. The first-order valence-corrected chi connectivity index (χ1v) is 10.5. The summed E-state index contributed by atoms with van der Waals surface area (Å²) in [7, 11) is 1.67. The lowest BCUT2D eigenvalue weighted by Gasteiger charge is -2.28. The Kier molecular flexibility index (Phi) is 9.47. The predicted molar refractivity (Wildman–Crippen MR) is 123 cm³/mol. The summed E-state index contributed by atoms with van der Waals surface area (Å²) in [5, 5.41) is 3.12. The van der Waals surface area contributed by atoms with Crippen LogP contribution in [-0.4, -0.2) is 44.2 Å². The van der Waals surface area contributed by atoms with Crippen molar-refractivity contribution < 1.29 is 14.3 Å². The second kappa shape index (κ2) is 11.8. The zero-order chi connectivity index (χ0) is 20.6. The summed E-state index contributed by atoms with van der Waals surface area (Å²) in [6, 6.07) is 15.7. The minimum Gasteiger partial charge on any atom is -0.497 e. The Morgan fingerprint density at radius 1 is 1.00 bits per heavy atom. The van der Waals surface area contributed by atoms with Gasteiger partial charge in [-0.05, 0) is 73.8 Å². The van der Waals surface area contributed by atoms with Crippen molar-refractivity contribution in [2.75, 3.05) is 33.4 Å². The maximum absolute atomic E-state index is 12.7. The second-order valence-electron chi connectivity index (χ2n) is 7.97. The predicted octanol–water partition coefficient (Wildman–Crippen LogP) is 4.72. The van der Waals surface area contributed by atoms with Gasteiger partial charge in [0.15, 0.2) is 0 Å². The average Bonchev–Trinajstić information content (AvgIpc) is 3.27. The topological polar surface area (TPSA) is 50.8 Å². The molecular weight excluding hydrogens is 400 g/mol. The van der Waals surface area contributed by atoms with Crippen LogP contribution in [0.15, 0.2) is 48.5 Å². The molecule has 30 heavy (non-hydrogen) atoms. The number of benzene rings is 2. The van der Waals surface area contributed by atoms with E-state index in [0.29, 0.717) is 24.6 Å². The Labute approximate surface area is 186 Å². The fourth-order valence-corrected chi connectivity index (χ4v) is 3.59. The fourth-order valence-electron chi connectivity index (χ4n) is 3.59. The Balaban J connectivity index is 0.00000320. The van der Waals surface area contributed by atoms with Crippen LogP contribution in [0.2, 0.25) is 0 Å². The van der Waals surface area contributed by atoms with Crippen LogP contribution in [-0.2, 0) is 0 Å². The number of rotatable bonds is 9. The molecule has 0 bridgehead atoms. The number of likely N-dealkylation sites (tertiary alicyclic amines) is 1. The first kappa shape index (κ1) is 24.0. The van der Waals surface area contributed by atoms with E-state index in [0.717, 1.165) is 24.6 Å². The average molecular weight is 433 g/mol. The van der Waals surface area contributed by atoms with Crippen molar-refractivity contribution >= 4 is 18.3 Å². The summed E-state index contributed by atoms with van der Waals surface area (Å²) in [6.07, 6.45) is 2.41. The van der Waals surface area contributed by atoms with Crippen LogP contribution in [0.5, 0.6) is 11.5 Å². The van der Waals surface area contributed by atoms with Crippen molar-refractivity contribution in [3.05, 3.63) is 59.7 Å². The van der Waals surface area contributed by atoms with E-state index in [1.54, 1.807) is 7.11 Å². The van der Waals surface area contributed by atoms with Crippen molar-refractivity contribution in [2.45, 2.75) is 32.7 Å². The highest BCUT2D eigenvalue weighted by molar-refractivity contribution is 5.94. The lowest BCUT2D eigenvalue weighted by Crippen LogP contribution is -2.36. The van der Waals surface area contributed by atoms with Gasteiger partial charge in [-0.3, -0.25) is 9.69 Å². The highest BCUT2D eigenvalue weighted by atomic mass is 35.5. The highest BCUT2D eigenvalue weighted by Crippen LogP contribution is 2.26. The Bertz CT molecular complexity index is 772. The molecule has 0 saturated carbocycles. The standard InChI is InChI=1S/C24H32N2O3.ClH/c1-18(2)17-29-22-12-8-20(9-13-22)24(27)25-16-23(26-14-4-5-15-26)19-6-10-21(28-3)11-7-19;/h6-13,18,23H,4-5,14-17H2,1-3H3,(H,25,27);1H. The number of nitrogens with one attached hydrogen (secondary N) is 1. The van der Waals surface area contributed by atoms with Gasteiger partial charge in [0.1, 0.15) is 11.5 Å². The minimum atomic E-state index is -0.0573. The molecule has 1 N–H and O–H groups in total. The molecule has 2 aromatic carbocycles. The van der Waals surface area contributed by atoms with Gasteiger partial charge in [0.25, 0.3) is 5.91 Å². The van der Waals surface area contributed by atoms with Gasteiger partial charge in [0.2, 0.25) is 0 Å². The number of hydrogen-bond donors (Lipinski definition) is 1. The number of hydrogen-bond acceptors (Lipinski definition) is 4. The van der Waals surface area contributed by atoms with Gasteiger partial charge in [0, 0.05) is 12.1 Å². The zero-order valence-electron chi connectivity index (χ0n) is 18.1.